The van der Waals surface area contributed by atoms with Gasteiger partial charge in [-0.3, -0.25) is 0 Å². The minimum absolute atomic E-state index is 0.495. The van der Waals surface area contributed by atoms with Crippen molar-refractivity contribution in [3.05, 3.63) is 90.5 Å². The number of hydrogen-bond acceptors (Lipinski definition) is 0. The van der Waals surface area contributed by atoms with E-state index >= 15 is 0 Å². The van der Waals surface area contributed by atoms with E-state index < -0.39 is 0 Å². The van der Waals surface area contributed by atoms with Gasteiger partial charge in [0.15, 0.2) is 0 Å². The van der Waals surface area contributed by atoms with E-state index in [4.69, 9.17) is 0 Å². The lowest BCUT2D eigenvalue weighted by atomic mass is 9.91. The maximum Gasteiger partial charge on any atom is 0.0620 e. The van der Waals surface area contributed by atoms with E-state index in [1.54, 1.807) is 0 Å². The number of para-hydroxylation sites is 2. The third kappa shape index (κ3) is 1.96. The Kier molecular flexibility index (Phi) is 3.14. The molecule has 2 heterocycles. The molecule has 0 aliphatic rings. The number of aromatic nitrogens is 1. The van der Waals surface area contributed by atoms with Gasteiger partial charge < -0.3 is 4.40 Å². The number of hydrogen-bond donors (Lipinski definition) is 0. The summed E-state index contributed by atoms with van der Waals surface area (Å²) in [4.78, 5) is 0. The Bertz CT molecular complexity index is 1400. The molecular formula is C27H21N. The van der Waals surface area contributed by atoms with Crippen LogP contribution >= 0.6 is 0 Å². The molecule has 0 amide bonds. The third-order valence-corrected chi connectivity index (χ3v) is 6.10. The van der Waals surface area contributed by atoms with Gasteiger partial charge in [0.25, 0.3) is 0 Å². The van der Waals surface area contributed by atoms with Gasteiger partial charge >= 0.3 is 0 Å². The van der Waals surface area contributed by atoms with Crippen molar-refractivity contribution in [3.63, 3.8) is 0 Å². The van der Waals surface area contributed by atoms with Crippen molar-refractivity contribution in [3.8, 4) is 11.1 Å². The molecule has 0 aliphatic heterocycles. The summed E-state index contributed by atoms with van der Waals surface area (Å²) in [6, 6.07) is 31.2. The average molecular weight is 359 g/mol. The summed E-state index contributed by atoms with van der Waals surface area (Å²) < 4.78 is 2.44. The van der Waals surface area contributed by atoms with Crippen LogP contribution in [0.2, 0.25) is 0 Å². The molecule has 4 aromatic carbocycles. The van der Waals surface area contributed by atoms with E-state index in [0.717, 1.165) is 0 Å². The van der Waals surface area contributed by atoms with Crippen molar-refractivity contribution >= 4 is 38.1 Å². The predicted molar refractivity (Wildman–Crippen MR) is 121 cm³/mol. The van der Waals surface area contributed by atoms with E-state index in [1.165, 1.54) is 54.8 Å². The molecule has 0 spiro atoms. The van der Waals surface area contributed by atoms with Gasteiger partial charge in [-0.2, -0.15) is 0 Å². The van der Waals surface area contributed by atoms with Gasteiger partial charge in [-0.05, 0) is 46.9 Å². The zero-order valence-electron chi connectivity index (χ0n) is 16.1. The minimum Gasteiger partial charge on any atom is -0.308 e. The van der Waals surface area contributed by atoms with Crippen molar-refractivity contribution in [2.75, 3.05) is 0 Å². The molecule has 2 aromatic heterocycles. The molecule has 0 atom stereocenters. The topological polar surface area (TPSA) is 4.41 Å². The fourth-order valence-corrected chi connectivity index (χ4v) is 4.87. The van der Waals surface area contributed by atoms with Crippen LogP contribution in [0.3, 0.4) is 0 Å². The minimum atomic E-state index is 0.495. The second-order valence-corrected chi connectivity index (χ2v) is 8.03. The first-order chi connectivity index (χ1) is 13.7. The summed E-state index contributed by atoms with van der Waals surface area (Å²) in [5.41, 5.74) is 7.98. The van der Waals surface area contributed by atoms with Gasteiger partial charge in [-0.15, -0.1) is 0 Å². The van der Waals surface area contributed by atoms with Crippen LogP contribution in [0.1, 0.15) is 25.3 Å². The molecule has 0 fully saturated rings. The van der Waals surface area contributed by atoms with E-state index in [1.807, 2.05) is 0 Å². The monoisotopic (exact) mass is 359 g/mol. The second kappa shape index (κ2) is 5.59. The summed E-state index contributed by atoms with van der Waals surface area (Å²) >= 11 is 0. The molecule has 0 N–H and O–H groups in total. The molecule has 134 valence electrons. The quantitative estimate of drug-likeness (QED) is 0.299. The van der Waals surface area contributed by atoms with Crippen LogP contribution in [0, 0.1) is 0 Å². The smallest absolute Gasteiger partial charge is 0.0620 e. The van der Waals surface area contributed by atoms with E-state index in [-0.39, 0.29) is 0 Å². The standard InChI is InChI=1S/C27H21N/c1-17(2)19-9-3-4-10-20(19)18-15-23-21-11-5-7-13-25(21)28-26-14-8-6-12-22(26)24(16-18)27(23)28/h3-17H,1-2H3. The largest absolute Gasteiger partial charge is 0.308 e. The first kappa shape index (κ1) is 15.7. The van der Waals surface area contributed by atoms with Crippen LogP contribution in [0.25, 0.3) is 49.2 Å². The number of nitrogens with zero attached hydrogens (tertiary/aromatic N) is 1. The maximum atomic E-state index is 2.44. The lowest BCUT2D eigenvalue weighted by Gasteiger charge is -2.13. The highest BCUT2D eigenvalue weighted by molar-refractivity contribution is 6.24. The Morgan fingerprint density at radius 3 is 1.75 bits per heavy atom. The molecule has 1 nitrogen and oxygen atoms in total. The van der Waals surface area contributed by atoms with Gasteiger partial charge in [0.05, 0.1) is 16.6 Å². The maximum absolute atomic E-state index is 2.44. The number of rotatable bonds is 2. The molecule has 0 bridgehead atoms. The van der Waals surface area contributed by atoms with Crippen LogP contribution in [-0.2, 0) is 0 Å². The molecular weight excluding hydrogens is 338 g/mol. The summed E-state index contributed by atoms with van der Waals surface area (Å²) in [6.07, 6.45) is 0. The highest BCUT2D eigenvalue weighted by Gasteiger charge is 2.19. The Morgan fingerprint density at radius 2 is 1.14 bits per heavy atom. The van der Waals surface area contributed by atoms with Crippen molar-refractivity contribution in [1.29, 1.82) is 0 Å². The first-order valence-electron chi connectivity index (χ1n) is 10.0. The highest BCUT2D eigenvalue weighted by Crippen LogP contribution is 2.42. The van der Waals surface area contributed by atoms with E-state index in [0.29, 0.717) is 5.92 Å². The molecule has 0 unspecified atom stereocenters. The molecule has 0 aliphatic carbocycles. The Morgan fingerprint density at radius 1 is 0.607 bits per heavy atom. The van der Waals surface area contributed by atoms with Crippen LogP contribution in [0.4, 0.5) is 0 Å². The second-order valence-electron chi connectivity index (χ2n) is 8.03. The highest BCUT2D eigenvalue weighted by atomic mass is 14.9. The predicted octanol–water partition coefficient (Wildman–Crippen LogP) is 7.63. The van der Waals surface area contributed by atoms with Crippen molar-refractivity contribution < 1.29 is 0 Å². The SMILES string of the molecule is CC(C)c1ccccc1-c1cc2c3ccccc3n3c4ccccc4c(c1)c23. The Labute approximate surface area is 164 Å². The molecule has 6 aromatic rings. The molecule has 28 heavy (non-hydrogen) atoms. The Balaban J connectivity index is 1.85. The average Bonchev–Trinajstić information content (AvgIpc) is 3.25. The van der Waals surface area contributed by atoms with Gasteiger partial charge in [0, 0.05) is 21.5 Å². The van der Waals surface area contributed by atoms with Crippen LogP contribution in [-0.4, -0.2) is 4.40 Å². The van der Waals surface area contributed by atoms with Crippen molar-refractivity contribution in [2.24, 2.45) is 0 Å². The first-order valence-corrected chi connectivity index (χ1v) is 10.0. The summed E-state index contributed by atoms with van der Waals surface area (Å²) in [5, 5.41) is 5.35. The Hall–Kier alpha value is -3.32. The summed E-state index contributed by atoms with van der Waals surface area (Å²) in [5.74, 6) is 0.495. The molecule has 0 saturated heterocycles. The molecule has 1 heteroatoms. The van der Waals surface area contributed by atoms with Gasteiger partial charge in [-0.1, -0.05) is 74.5 Å². The van der Waals surface area contributed by atoms with Gasteiger partial charge in [-0.25, -0.2) is 0 Å². The lowest BCUT2D eigenvalue weighted by molar-refractivity contribution is 0.869. The molecule has 0 radical (unpaired) electrons. The zero-order valence-corrected chi connectivity index (χ0v) is 16.1. The lowest BCUT2D eigenvalue weighted by Crippen LogP contribution is -1.92. The number of fused-ring (bicyclic) bond motifs is 6. The van der Waals surface area contributed by atoms with Crippen molar-refractivity contribution in [2.45, 2.75) is 19.8 Å². The third-order valence-electron chi connectivity index (χ3n) is 6.10. The van der Waals surface area contributed by atoms with Gasteiger partial charge in [0.2, 0.25) is 0 Å². The van der Waals surface area contributed by atoms with Crippen LogP contribution < -0.4 is 0 Å². The van der Waals surface area contributed by atoms with E-state index in [9.17, 15) is 0 Å². The zero-order chi connectivity index (χ0) is 18.8. The van der Waals surface area contributed by atoms with Crippen LogP contribution in [0.15, 0.2) is 84.9 Å². The van der Waals surface area contributed by atoms with Crippen molar-refractivity contribution in [1.82, 2.24) is 4.40 Å². The fraction of sp³-hybridized carbons (Fsp3) is 0.111. The fourth-order valence-electron chi connectivity index (χ4n) is 4.87. The summed E-state index contributed by atoms with van der Waals surface area (Å²) in [6.45, 7) is 4.55. The van der Waals surface area contributed by atoms with E-state index in [2.05, 4.69) is 103 Å². The van der Waals surface area contributed by atoms with Crippen LogP contribution in [0.5, 0.6) is 0 Å². The number of benzene rings is 4. The van der Waals surface area contributed by atoms with Gasteiger partial charge in [0.1, 0.15) is 0 Å². The molecule has 6 rings (SSSR count). The molecule has 0 saturated carbocycles. The normalized spacial score (nSPS) is 12.2. The summed E-state index contributed by atoms with van der Waals surface area (Å²) in [7, 11) is 0.